The molecule has 4 aliphatic rings. The van der Waals surface area contributed by atoms with E-state index in [2.05, 4.69) is 15.0 Å². The van der Waals surface area contributed by atoms with Gasteiger partial charge in [0.05, 0.1) is 25.5 Å². The van der Waals surface area contributed by atoms with E-state index in [1.807, 2.05) is 6.92 Å². The summed E-state index contributed by atoms with van der Waals surface area (Å²) >= 11 is 0. The summed E-state index contributed by atoms with van der Waals surface area (Å²) < 4.78 is 104. The highest BCUT2D eigenvalue weighted by molar-refractivity contribution is 7.91. The Kier molecular flexibility index (Phi) is 12.3. The number of ether oxygens (including phenoxy) is 3. The second-order valence-corrected chi connectivity index (χ2v) is 19.7. The number of halogens is 4. The molecular weight excluding hydrogens is 831 g/mol. The molecule has 7 atom stereocenters. The van der Waals surface area contributed by atoms with Gasteiger partial charge in [0.1, 0.15) is 29.3 Å². The van der Waals surface area contributed by atoms with Crippen LogP contribution in [0.25, 0.3) is 10.8 Å². The van der Waals surface area contributed by atoms with Crippen molar-refractivity contribution in [2.24, 2.45) is 17.8 Å². The highest BCUT2D eigenvalue weighted by Crippen LogP contribution is 2.48. The molecule has 1 saturated heterocycles. The minimum Gasteiger partial charge on any atom is -0.494 e. The van der Waals surface area contributed by atoms with Gasteiger partial charge >= 0.3 is 12.3 Å². The molecule has 2 aromatic rings. The number of carbonyl (C=O) groups is 4. The van der Waals surface area contributed by atoms with Gasteiger partial charge in [0.2, 0.25) is 33.6 Å². The van der Waals surface area contributed by atoms with Crippen molar-refractivity contribution >= 4 is 44.6 Å². The Morgan fingerprint density at radius 3 is 2.39 bits per heavy atom. The Morgan fingerprint density at radius 2 is 1.80 bits per heavy atom. The Morgan fingerprint density at radius 1 is 1.11 bits per heavy atom. The molecule has 2 saturated carbocycles. The van der Waals surface area contributed by atoms with Gasteiger partial charge in [-0.15, -0.1) is 0 Å². The van der Waals surface area contributed by atoms with Crippen LogP contribution in [0.15, 0.2) is 30.4 Å². The number of nitrogens with zero attached hydrogens (tertiary/aromatic N) is 3. The minimum atomic E-state index is -5.14. The van der Waals surface area contributed by atoms with E-state index in [0.717, 1.165) is 11.0 Å². The number of carboxylic acid groups (broad SMARTS) is 1. The summed E-state index contributed by atoms with van der Waals surface area (Å²) in [6, 6.07) is 0.447. The number of benzene rings is 1. The Labute approximate surface area is 351 Å². The van der Waals surface area contributed by atoms with Crippen molar-refractivity contribution in [3.8, 4) is 17.5 Å². The van der Waals surface area contributed by atoms with Crippen LogP contribution in [0.4, 0.5) is 22.4 Å². The molecule has 336 valence electrons. The molecule has 1 aromatic heterocycles. The highest BCUT2D eigenvalue weighted by Gasteiger charge is 2.64. The van der Waals surface area contributed by atoms with Crippen molar-refractivity contribution in [3.63, 3.8) is 0 Å². The lowest BCUT2D eigenvalue weighted by molar-refractivity contribution is -0.222. The van der Waals surface area contributed by atoms with Gasteiger partial charge in [0, 0.05) is 23.8 Å². The molecule has 0 radical (unpaired) electrons. The summed E-state index contributed by atoms with van der Waals surface area (Å²) in [4.78, 5) is 62.3. The molecule has 3 N–H and O–H groups in total. The number of carbonyl (C=O) groups excluding carboxylic acids is 3. The normalized spacial score (nSPS) is 28.1. The van der Waals surface area contributed by atoms with Crippen molar-refractivity contribution in [3.05, 3.63) is 36.2 Å². The zero-order valence-electron chi connectivity index (χ0n) is 35.1. The number of pyridine rings is 1. The van der Waals surface area contributed by atoms with Crippen molar-refractivity contribution in [1.82, 2.24) is 24.8 Å². The lowest BCUT2D eigenvalue weighted by atomic mass is 9.82. The average Bonchev–Trinajstić information content (AvgIpc) is 4.06. The van der Waals surface area contributed by atoms with Crippen LogP contribution in [0.5, 0.6) is 17.5 Å². The van der Waals surface area contributed by atoms with Crippen LogP contribution in [0.3, 0.4) is 0 Å². The third kappa shape index (κ3) is 8.65. The monoisotopic (exact) mass is 883 g/mol. The van der Waals surface area contributed by atoms with Crippen LogP contribution >= 0.6 is 0 Å². The molecule has 4 amide bonds. The van der Waals surface area contributed by atoms with Gasteiger partial charge in [-0.1, -0.05) is 32.4 Å². The predicted octanol–water partition coefficient (Wildman–Crippen LogP) is 5.70. The summed E-state index contributed by atoms with van der Waals surface area (Å²) in [5.41, 5.74) is -4.86. The second-order valence-electron chi connectivity index (χ2n) is 17.5. The van der Waals surface area contributed by atoms with Gasteiger partial charge < -0.3 is 29.5 Å². The number of hydrogen-bond acceptors (Lipinski definition) is 10. The van der Waals surface area contributed by atoms with E-state index in [1.54, 1.807) is 19.1 Å². The minimum absolute atomic E-state index is 0.00526. The average molecular weight is 884 g/mol. The van der Waals surface area contributed by atoms with E-state index in [9.17, 15) is 41.1 Å². The zero-order valence-corrected chi connectivity index (χ0v) is 35.9. The van der Waals surface area contributed by atoms with Gasteiger partial charge in [-0.25, -0.2) is 17.6 Å². The molecule has 0 unspecified atom stereocenters. The van der Waals surface area contributed by atoms with E-state index < -0.39 is 98.2 Å². The molecule has 0 spiro atoms. The molecule has 1 aromatic carbocycles. The number of alkyl halides is 3. The Hall–Kier alpha value is -4.88. The maximum Gasteiger partial charge on any atom is 0.411 e. The number of nitrogens with one attached hydrogen (secondary N) is 2. The smallest absolute Gasteiger partial charge is 0.411 e. The molecule has 3 fully saturated rings. The Balaban J connectivity index is 1.46. The number of methoxy groups -OCH3 is 2. The van der Waals surface area contributed by atoms with Gasteiger partial charge in [-0.05, 0) is 88.7 Å². The Bertz CT molecular complexity index is 2220. The lowest BCUT2D eigenvalue weighted by Crippen LogP contribution is -2.66. The number of amides is 4. The van der Waals surface area contributed by atoms with Crippen LogP contribution in [0.1, 0.15) is 86.0 Å². The maximum absolute atomic E-state index is 15.2. The molecule has 6 rings (SSSR count). The summed E-state index contributed by atoms with van der Waals surface area (Å²) in [6.45, 7) is 5.84. The van der Waals surface area contributed by atoms with Crippen LogP contribution < -0.4 is 24.2 Å². The molecule has 2 aliphatic heterocycles. The van der Waals surface area contributed by atoms with Gasteiger partial charge in [0.15, 0.2) is 11.6 Å². The second kappa shape index (κ2) is 16.4. The summed E-state index contributed by atoms with van der Waals surface area (Å²) in [5, 5.41) is 13.8. The topological polar surface area (TPSA) is 194 Å². The van der Waals surface area contributed by atoms with Crippen molar-refractivity contribution in [2.45, 2.75) is 126 Å². The first-order valence-electron chi connectivity index (χ1n) is 20.3. The molecule has 2 aliphatic carbocycles. The van der Waals surface area contributed by atoms with Crippen LogP contribution in [-0.4, -0.2) is 113 Å². The van der Waals surface area contributed by atoms with Crippen LogP contribution in [-0.2, 0) is 24.4 Å². The van der Waals surface area contributed by atoms with Gasteiger partial charge in [0.25, 0.3) is 5.91 Å². The number of fused-ring (bicyclic) bond motifs is 3. The summed E-state index contributed by atoms with van der Waals surface area (Å²) in [6.07, 6.45) is -3.35. The largest absolute Gasteiger partial charge is 0.494 e. The van der Waals surface area contributed by atoms with E-state index in [0.29, 0.717) is 44.9 Å². The van der Waals surface area contributed by atoms with Gasteiger partial charge in [-0.3, -0.25) is 24.0 Å². The first-order valence-corrected chi connectivity index (χ1v) is 21.8. The molecule has 20 heteroatoms. The zero-order chi connectivity index (χ0) is 45.0. The summed E-state index contributed by atoms with van der Waals surface area (Å²) in [7, 11) is -1.55. The lowest BCUT2D eigenvalue weighted by Gasteiger charge is -2.46. The van der Waals surface area contributed by atoms with Gasteiger partial charge in [-0.2, -0.15) is 18.2 Å². The van der Waals surface area contributed by atoms with Crippen LogP contribution in [0, 0.1) is 23.6 Å². The standard InChI is InChI=1S/C41H53F4N5O10S/c1-8-23-15-22(2)11-9-10-12-25-20-40(25,36(53)48-61(56,57)39(5)13-14-39)47-33(51)29-18-26(21-49(29)35(52)32(23)50(37(54)55)38(3,4)41(43,44)45)60-34-27-19-28(42)30(58-6)16-24(27)17-31(46-34)59-7/h10,12,16-17,19,22-23,25-26,29,32H,8-9,11,13-15,18,20-21H2,1-7H3,(H,47,51)(H,48,53)(H,54,55)/t22-,23-,25-,26-,29+,32+,40-/m1/s1. The number of hydrogen-bond donors (Lipinski definition) is 3. The van der Waals surface area contributed by atoms with Crippen LogP contribution in [0.2, 0.25) is 0 Å². The first kappa shape index (κ1) is 45.6. The maximum atomic E-state index is 15.2. The fraction of sp³-hybridized carbons (Fsp3) is 0.634. The first-order chi connectivity index (χ1) is 28.4. The van der Waals surface area contributed by atoms with Crippen molar-refractivity contribution in [1.29, 1.82) is 0 Å². The predicted molar refractivity (Wildman–Crippen MR) is 213 cm³/mol. The van der Waals surface area contributed by atoms with Crippen molar-refractivity contribution < 1.29 is 64.5 Å². The highest BCUT2D eigenvalue weighted by atomic mass is 32.2. The van der Waals surface area contributed by atoms with E-state index in [1.165, 1.54) is 33.3 Å². The molecule has 15 nitrogen and oxygen atoms in total. The van der Waals surface area contributed by atoms with E-state index in [4.69, 9.17) is 14.2 Å². The third-order valence-electron chi connectivity index (χ3n) is 12.9. The third-order valence-corrected chi connectivity index (χ3v) is 15.0. The van der Waals surface area contributed by atoms with Crippen molar-refractivity contribution in [2.75, 3.05) is 20.8 Å². The number of rotatable bonds is 10. The number of allylic oxidation sites excluding steroid dienone is 1. The van der Waals surface area contributed by atoms with E-state index in [-0.39, 0.29) is 59.4 Å². The molecule has 61 heavy (non-hydrogen) atoms. The molecular formula is C41H53F4N5O10S. The SMILES string of the molecule is CC[C@@H]1C[C@H](C)CCC=C[C@@H]2C[C@@]2(C(=O)NS(=O)(=O)C2(C)CC2)NC(=O)[C@@H]2C[C@@H](Oc3nc(OC)cc4cc(OC)c(F)cc34)CN2C(=O)[C@H]1N(C(=O)O)C(C)(C)C(F)(F)F. The fourth-order valence-electron chi connectivity index (χ4n) is 8.48. The molecule has 3 heterocycles. The fourth-order valence-corrected chi connectivity index (χ4v) is 9.79. The molecule has 0 bridgehead atoms. The number of sulfonamides is 1. The van der Waals surface area contributed by atoms with E-state index >= 15 is 9.18 Å². The summed E-state index contributed by atoms with van der Waals surface area (Å²) in [5.74, 6) is -5.88. The number of aromatic nitrogens is 1. The quantitative estimate of drug-likeness (QED) is 0.196.